The van der Waals surface area contributed by atoms with Crippen LogP contribution in [0.4, 0.5) is 4.39 Å². The Morgan fingerprint density at radius 1 is 1.11 bits per heavy atom. The van der Waals surface area contributed by atoms with E-state index in [1.54, 1.807) is 6.07 Å². The Hall–Kier alpha value is -1.29. The number of hydrogen-bond acceptors (Lipinski definition) is 3. The molecule has 2 aliphatic heterocycles. The molecule has 1 N–H and O–H groups in total. The molecule has 1 saturated heterocycles. The van der Waals surface area contributed by atoms with Crippen molar-refractivity contribution in [2.45, 2.75) is 25.2 Å². The van der Waals surface area contributed by atoms with Crippen molar-refractivity contribution >= 4 is 0 Å². The van der Waals surface area contributed by atoms with Crippen LogP contribution in [0.5, 0.6) is 11.5 Å². The molecule has 0 saturated carbocycles. The van der Waals surface area contributed by atoms with Crippen molar-refractivity contribution in [1.29, 1.82) is 0 Å². The number of fused-ring (bicyclic) bond motifs is 1. The van der Waals surface area contributed by atoms with Gasteiger partial charge in [0.25, 0.3) is 0 Å². The van der Waals surface area contributed by atoms with Gasteiger partial charge in [-0.05, 0) is 49.5 Å². The molecule has 3 nitrogen and oxygen atoms in total. The minimum atomic E-state index is -0.289. The number of rotatable bonds is 1. The molecule has 4 heteroatoms. The highest BCUT2D eigenvalue weighted by Gasteiger charge is 2.21. The molecule has 0 spiro atoms. The van der Waals surface area contributed by atoms with Gasteiger partial charge in [-0.2, -0.15) is 0 Å². The van der Waals surface area contributed by atoms with E-state index in [9.17, 15) is 4.39 Å². The predicted octanol–water partition coefficient (Wildman–Crippen LogP) is 2.45. The SMILES string of the molecule is Fc1cc(C2CCNCC2)cc2c1OCCCO2. The topological polar surface area (TPSA) is 30.5 Å². The average Bonchev–Trinajstić information content (AvgIpc) is 2.65. The van der Waals surface area contributed by atoms with Gasteiger partial charge in [-0.15, -0.1) is 0 Å². The summed E-state index contributed by atoms with van der Waals surface area (Å²) in [5.74, 6) is 0.993. The number of ether oxygens (including phenoxy) is 2. The zero-order chi connectivity index (χ0) is 12.4. The number of hydrogen-bond donors (Lipinski definition) is 1. The molecule has 3 rings (SSSR count). The van der Waals surface area contributed by atoms with Crippen molar-refractivity contribution in [1.82, 2.24) is 5.32 Å². The van der Waals surface area contributed by atoms with Gasteiger partial charge in [0.15, 0.2) is 17.3 Å². The number of nitrogens with one attached hydrogen (secondary N) is 1. The van der Waals surface area contributed by atoms with Crippen LogP contribution in [0.3, 0.4) is 0 Å². The lowest BCUT2D eigenvalue weighted by molar-refractivity contribution is 0.292. The number of halogens is 1. The van der Waals surface area contributed by atoms with E-state index in [1.807, 2.05) is 6.07 Å². The van der Waals surface area contributed by atoms with E-state index < -0.39 is 0 Å². The molecule has 2 heterocycles. The molecule has 1 aromatic carbocycles. The Morgan fingerprint density at radius 2 is 1.89 bits per heavy atom. The molecule has 0 radical (unpaired) electrons. The second-order valence-corrected chi connectivity index (χ2v) is 4.90. The molecule has 1 aromatic rings. The van der Waals surface area contributed by atoms with E-state index in [0.29, 0.717) is 24.9 Å². The van der Waals surface area contributed by atoms with Gasteiger partial charge in [0.2, 0.25) is 0 Å². The van der Waals surface area contributed by atoms with E-state index in [1.165, 1.54) is 0 Å². The third kappa shape index (κ3) is 2.29. The maximum atomic E-state index is 14.0. The van der Waals surface area contributed by atoms with Crippen LogP contribution in [0.15, 0.2) is 12.1 Å². The third-order valence-electron chi connectivity index (χ3n) is 3.64. The molecule has 0 aliphatic carbocycles. The Balaban J connectivity index is 1.91. The van der Waals surface area contributed by atoms with Crippen LogP contribution in [0.25, 0.3) is 0 Å². The van der Waals surface area contributed by atoms with Crippen molar-refractivity contribution < 1.29 is 13.9 Å². The average molecular weight is 251 g/mol. The first-order valence-corrected chi connectivity index (χ1v) is 6.64. The van der Waals surface area contributed by atoms with Gasteiger partial charge < -0.3 is 14.8 Å². The second-order valence-electron chi connectivity index (χ2n) is 4.90. The Bertz CT molecular complexity index is 430. The van der Waals surface area contributed by atoms with E-state index in [-0.39, 0.29) is 11.6 Å². The van der Waals surface area contributed by atoms with Gasteiger partial charge in [0.05, 0.1) is 13.2 Å². The highest BCUT2D eigenvalue weighted by molar-refractivity contribution is 5.45. The van der Waals surface area contributed by atoms with Crippen LogP contribution in [-0.4, -0.2) is 26.3 Å². The number of benzene rings is 1. The summed E-state index contributed by atoms with van der Waals surface area (Å²) in [4.78, 5) is 0. The molecular weight excluding hydrogens is 233 g/mol. The van der Waals surface area contributed by atoms with Crippen LogP contribution in [0, 0.1) is 5.82 Å². The van der Waals surface area contributed by atoms with Crippen LogP contribution in [0.1, 0.15) is 30.7 Å². The van der Waals surface area contributed by atoms with Crippen molar-refractivity contribution in [2.24, 2.45) is 0 Å². The molecule has 0 bridgehead atoms. The molecule has 0 atom stereocenters. The highest BCUT2D eigenvalue weighted by Crippen LogP contribution is 2.37. The first-order valence-electron chi connectivity index (χ1n) is 6.64. The third-order valence-corrected chi connectivity index (χ3v) is 3.64. The van der Waals surface area contributed by atoms with E-state index >= 15 is 0 Å². The predicted molar refractivity (Wildman–Crippen MR) is 66.9 cm³/mol. The summed E-state index contributed by atoms with van der Waals surface area (Å²) >= 11 is 0. The molecule has 0 unspecified atom stereocenters. The van der Waals surface area contributed by atoms with Gasteiger partial charge in [0, 0.05) is 6.42 Å². The first kappa shape index (κ1) is 11.8. The summed E-state index contributed by atoms with van der Waals surface area (Å²) in [5.41, 5.74) is 1.04. The van der Waals surface area contributed by atoms with Gasteiger partial charge >= 0.3 is 0 Å². The van der Waals surface area contributed by atoms with Crippen molar-refractivity contribution in [2.75, 3.05) is 26.3 Å². The Labute approximate surface area is 106 Å². The van der Waals surface area contributed by atoms with Gasteiger partial charge in [-0.1, -0.05) is 0 Å². The second kappa shape index (κ2) is 5.14. The molecule has 18 heavy (non-hydrogen) atoms. The largest absolute Gasteiger partial charge is 0.489 e. The monoisotopic (exact) mass is 251 g/mol. The van der Waals surface area contributed by atoms with Crippen LogP contribution in [0.2, 0.25) is 0 Å². The summed E-state index contributed by atoms with van der Waals surface area (Å²) < 4.78 is 25.0. The molecule has 2 aliphatic rings. The van der Waals surface area contributed by atoms with Crippen molar-refractivity contribution in [3.05, 3.63) is 23.5 Å². The molecule has 0 aromatic heterocycles. The molecule has 98 valence electrons. The summed E-state index contributed by atoms with van der Waals surface area (Å²) in [6.45, 7) is 3.13. The lowest BCUT2D eigenvalue weighted by atomic mass is 9.90. The van der Waals surface area contributed by atoms with Crippen molar-refractivity contribution in [3.8, 4) is 11.5 Å². The van der Waals surface area contributed by atoms with E-state index in [0.717, 1.165) is 37.9 Å². The van der Waals surface area contributed by atoms with Crippen LogP contribution in [-0.2, 0) is 0 Å². The quantitative estimate of drug-likeness (QED) is 0.831. The van der Waals surface area contributed by atoms with Crippen LogP contribution >= 0.6 is 0 Å². The first-order chi connectivity index (χ1) is 8.84. The fraction of sp³-hybridized carbons (Fsp3) is 0.571. The maximum absolute atomic E-state index is 14.0. The van der Waals surface area contributed by atoms with Crippen molar-refractivity contribution in [3.63, 3.8) is 0 Å². The fourth-order valence-corrected chi connectivity index (χ4v) is 2.64. The lowest BCUT2D eigenvalue weighted by Gasteiger charge is -2.23. The summed E-state index contributed by atoms with van der Waals surface area (Å²) in [5, 5.41) is 3.32. The maximum Gasteiger partial charge on any atom is 0.197 e. The standard InChI is InChI=1S/C14H18FNO2/c15-12-8-11(10-2-4-16-5-3-10)9-13-14(12)18-7-1-6-17-13/h8-10,16H,1-7H2. The lowest BCUT2D eigenvalue weighted by Crippen LogP contribution is -2.26. The fourth-order valence-electron chi connectivity index (χ4n) is 2.64. The summed E-state index contributed by atoms with van der Waals surface area (Å²) in [6, 6.07) is 3.57. The van der Waals surface area contributed by atoms with Crippen LogP contribution < -0.4 is 14.8 Å². The molecular formula is C14H18FNO2. The zero-order valence-electron chi connectivity index (χ0n) is 10.4. The Morgan fingerprint density at radius 3 is 2.72 bits per heavy atom. The molecule has 1 fully saturated rings. The van der Waals surface area contributed by atoms with Gasteiger partial charge in [0.1, 0.15) is 0 Å². The number of piperidine rings is 1. The Kier molecular flexibility index (Phi) is 3.37. The highest BCUT2D eigenvalue weighted by atomic mass is 19.1. The molecule has 0 amide bonds. The minimum absolute atomic E-state index is 0.283. The smallest absolute Gasteiger partial charge is 0.197 e. The van der Waals surface area contributed by atoms with Gasteiger partial charge in [-0.3, -0.25) is 0 Å². The summed E-state index contributed by atoms with van der Waals surface area (Å²) in [6.07, 6.45) is 2.91. The van der Waals surface area contributed by atoms with Gasteiger partial charge in [-0.25, -0.2) is 4.39 Å². The van der Waals surface area contributed by atoms with E-state index in [4.69, 9.17) is 9.47 Å². The minimum Gasteiger partial charge on any atom is -0.489 e. The van der Waals surface area contributed by atoms with E-state index in [2.05, 4.69) is 5.32 Å². The summed E-state index contributed by atoms with van der Waals surface area (Å²) in [7, 11) is 0. The normalized spacial score (nSPS) is 20.5. The zero-order valence-corrected chi connectivity index (χ0v) is 10.4.